The van der Waals surface area contributed by atoms with Crippen LogP contribution in [0.4, 0.5) is 0 Å². The SMILES string of the molecule is COc1ccc2c(c1OC)C1CC2CC1N. The van der Waals surface area contributed by atoms with Crippen LogP contribution in [0.3, 0.4) is 0 Å². The van der Waals surface area contributed by atoms with Gasteiger partial charge in [0, 0.05) is 17.5 Å². The first-order valence-corrected chi connectivity index (χ1v) is 5.76. The third kappa shape index (κ3) is 1.12. The molecule has 1 saturated carbocycles. The Morgan fingerprint density at radius 1 is 1.19 bits per heavy atom. The second-order valence-electron chi connectivity index (χ2n) is 4.74. The van der Waals surface area contributed by atoms with Crippen LogP contribution in [0.15, 0.2) is 12.1 Å². The maximum absolute atomic E-state index is 6.15. The van der Waals surface area contributed by atoms with Crippen molar-refractivity contribution in [2.45, 2.75) is 30.7 Å². The largest absolute Gasteiger partial charge is 0.493 e. The number of nitrogens with two attached hydrogens (primary N) is 1. The van der Waals surface area contributed by atoms with Crippen LogP contribution in [0.1, 0.15) is 35.8 Å². The van der Waals surface area contributed by atoms with E-state index in [1.807, 2.05) is 6.07 Å². The molecule has 3 atom stereocenters. The minimum Gasteiger partial charge on any atom is -0.493 e. The van der Waals surface area contributed by atoms with Crippen molar-refractivity contribution < 1.29 is 9.47 Å². The third-order valence-electron chi connectivity index (χ3n) is 4.04. The minimum absolute atomic E-state index is 0.290. The molecule has 1 aromatic carbocycles. The van der Waals surface area contributed by atoms with E-state index in [1.54, 1.807) is 14.2 Å². The van der Waals surface area contributed by atoms with Crippen molar-refractivity contribution in [1.29, 1.82) is 0 Å². The van der Waals surface area contributed by atoms with Crippen molar-refractivity contribution in [3.05, 3.63) is 23.3 Å². The summed E-state index contributed by atoms with van der Waals surface area (Å²) in [5.74, 6) is 2.81. The fourth-order valence-corrected chi connectivity index (χ4v) is 3.36. The second kappa shape index (κ2) is 3.39. The molecule has 0 radical (unpaired) electrons. The lowest BCUT2D eigenvalue weighted by Crippen LogP contribution is -2.26. The molecule has 3 heteroatoms. The second-order valence-corrected chi connectivity index (χ2v) is 4.74. The highest BCUT2D eigenvalue weighted by Gasteiger charge is 2.44. The third-order valence-corrected chi connectivity index (χ3v) is 4.04. The van der Waals surface area contributed by atoms with E-state index in [-0.39, 0.29) is 0 Å². The van der Waals surface area contributed by atoms with Crippen LogP contribution in [0, 0.1) is 0 Å². The topological polar surface area (TPSA) is 44.5 Å². The number of methoxy groups -OCH3 is 2. The van der Waals surface area contributed by atoms with Gasteiger partial charge in [-0.3, -0.25) is 0 Å². The predicted molar refractivity (Wildman–Crippen MR) is 62.2 cm³/mol. The fourth-order valence-electron chi connectivity index (χ4n) is 3.36. The maximum Gasteiger partial charge on any atom is 0.164 e. The van der Waals surface area contributed by atoms with Gasteiger partial charge >= 0.3 is 0 Å². The Balaban J connectivity index is 2.18. The molecule has 0 aliphatic heterocycles. The normalized spacial score (nSPS) is 30.3. The van der Waals surface area contributed by atoms with Crippen molar-refractivity contribution in [2.24, 2.45) is 5.73 Å². The van der Waals surface area contributed by atoms with Gasteiger partial charge in [-0.15, -0.1) is 0 Å². The molecular weight excluding hydrogens is 202 g/mol. The van der Waals surface area contributed by atoms with E-state index in [4.69, 9.17) is 15.2 Å². The van der Waals surface area contributed by atoms with E-state index in [0.29, 0.717) is 17.9 Å². The summed E-state index contributed by atoms with van der Waals surface area (Å²) >= 11 is 0. The maximum atomic E-state index is 6.15. The van der Waals surface area contributed by atoms with E-state index in [9.17, 15) is 0 Å². The zero-order valence-corrected chi connectivity index (χ0v) is 9.69. The van der Waals surface area contributed by atoms with Gasteiger partial charge in [-0.2, -0.15) is 0 Å². The summed E-state index contributed by atoms with van der Waals surface area (Å²) in [6.07, 6.45) is 2.30. The Labute approximate surface area is 95.5 Å². The Kier molecular flexibility index (Phi) is 2.11. The molecule has 2 aliphatic rings. The summed E-state index contributed by atoms with van der Waals surface area (Å²) in [5, 5.41) is 0. The van der Waals surface area contributed by atoms with Crippen LogP contribution in [0.5, 0.6) is 11.5 Å². The summed E-state index contributed by atoms with van der Waals surface area (Å²) in [6.45, 7) is 0. The molecule has 86 valence electrons. The minimum atomic E-state index is 0.290. The van der Waals surface area contributed by atoms with E-state index in [2.05, 4.69) is 6.07 Å². The number of fused-ring (bicyclic) bond motifs is 5. The first-order chi connectivity index (χ1) is 7.76. The van der Waals surface area contributed by atoms with Crippen molar-refractivity contribution in [1.82, 2.24) is 0 Å². The highest BCUT2D eigenvalue weighted by molar-refractivity contribution is 5.58. The van der Waals surface area contributed by atoms with Crippen LogP contribution in [0.25, 0.3) is 0 Å². The van der Waals surface area contributed by atoms with Crippen LogP contribution < -0.4 is 15.2 Å². The summed E-state index contributed by atoms with van der Waals surface area (Å²) in [4.78, 5) is 0. The van der Waals surface area contributed by atoms with Gasteiger partial charge in [0.1, 0.15) is 0 Å². The number of hydrogen-bond acceptors (Lipinski definition) is 3. The van der Waals surface area contributed by atoms with Gasteiger partial charge in [-0.1, -0.05) is 6.07 Å². The first-order valence-electron chi connectivity index (χ1n) is 5.76. The molecule has 3 unspecified atom stereocenters. The number of benzene rings is 1. The summed E-state index contributed by atoms with van der Waals surface area (Å²) in [5.41, 5.74) is 8.87. The lowest BCUT2D eigenvalue weighted by molar-refractivity contribution is 0.348. The lowest BCUT2D eigenvalue weighted by atomic mass is 9.88. The van der Waals surface area contributed by atoms with Gasteiger partial charge in [0.15, 0.2) is 11.5 Å². The molecule has 3 rings (SSSR count). The van der Waals surface area contributed by atoms with Gasteiger partial charge in [0.05, 0.1) is 14.2 Å². The quantitative estimate of drug-likeness (QED) is 0.827. The Bertz CT molecular complexity index is 430. The van der Waals surface area contributed by atoms with Gasteiger partial charge in [-0.05, 0) is 30.4 Å². The average Bonchev–Trinajstić information content (AvgIpc) is 2.84. The van der Waals surface area contributed by atoms with Crippen molar-refractivity contribution in [3.63, 3.8) is 0 Å². The fraction of sp³-hybridized carbons (Fsp3) is 0.538. The summed E-state index contributed by atoms with van der Waals surface area (Å²) in [6, 6.07) is 4.47. The molecule has 0 aromatic heterocycles. The number of hydrogen-bond donors (Lipinski definition) is 1. The predicted octanol–water partition coefficient (Wildman–Crippen LogP) is 2.01. The summed E-state index contributed by atoms with van der Waals surface area (Å²) < 4.78 is 10.8. The van der Waals surface area contributed by atoms with Crippen molar-refractivity contribution in [3.8, 4) is 11.5 Å². The molecule has 2 aliphatic carbocycles. The Hall–Kier alpha value is -1.22. The Morgan fingerprint density at radius 3 is 2.69 bits per heavy atom. The lowest BCUT2D eigenvalue weighted by Gasteiger charge is -2.24. The molecule has 3 nitrogen and oxygen atoms in total. The molecular formula is C13H17NO2. The van der Waals surface area contributed by atoms with Crippen LogP contribution in [0.2, 0.25) is 0 Å². The first kappa shape index (κ1) is 9.97. The Morgan fingerprint density at radius 2 is 2.00 bits per heavy atom. The van der Waals surface area contributed by atoms with Crippen molar-refractivity contribution in [2.75, 3.05) is 14.2 Å². The summed E-state index contributed by atoms with van der Waals surface area (Å²) in [7, 11) is 3.38. The van der Waals surface area contributed by atoms with Crippen LogP contribution >= 0.6 is 0 Å². The molecule has 0 heterocycles. The molecule has 2 N–H and O–H groups in total. The zero-order chi connectivity index (χ0) is 11.3. The monoisotopic (exact) mass is 219 g/mol. The van der Waals surface area contributed by atoms with E-state index in [0.717, 1.165) is 17.9 Å². The number of rotatable bonds is 2. The number of ether oxygens (including phenoxy) is 2. The van der Waals surface area contributed by atoms with Gasteiger partial charge < -0.3 is 15.2 Å². The molecule has 0 saturated heterocycles. The molecule has 0 spiro atoms. The highest BCUT2D eigenvalue weighted by atomic mass is 16.5. The molecule has 1 fully saturated rings. The van der Waals surface area contributed by atoms with Gasteiger partial charge in [0.25, 0.3) is 0 Å². The zero-order valence-electron chi connectivity index (χ0n) is 9.69. The van der Waals surface area contributed by atoms with E-state index >= 15 is 0 Å². The van der Waals surface area contributed by atoms with Gasteiger partial charge in [0.2, 0.25) is 0 Å². The average molecular weight is 219 g/mol. The molecule has 2 bridgehead atoms. The van der Waals surface area contributed by atoms with Gasteiger partial charge in [-0.25, -0.2) is 0 Å². The van der Waals surface area contributed by atoms with Crippen LogP contribution in [-0.2, 0) is 0 Å². The standard InChI is InChI=1S/C13H17NO2/c1-15-11-4-3-8-7-5-9(10(14)6-7)12(8)13(11)16-2/h3-4,7,9-10H,5-6,14H2,1-2H3. The van der Waals surface area contributed by atoms with E-state index < -0.39 is 0 Å². The van der Waals surface area contributed by atoms with Crippen LogP contribution in [-0.4, -0.2) is 20.3 Å². The molecule has 16 heavy (non-hydrogen) atoms. The van der Waals surface area contributed by atoms with Crippen molar-refractivity contribution >= 4 is 0 Å². The van der Waals surface area contributed by atoms with E-state index in [1.165, 1.54) is 17.5 Å². The molecule has 1 aromatic rings. The molecule has 0 amide bonds. The highest BCUT2D eigenvalue weighted by Crippen LogP contribution is 2.57. The smallest absolute Gasteiger partial charge is 0.164 e.